The number of piperidine rings is 1. The molecule has 97 valence electrons. The van der Waals surface area contributed by atoms with E-state index < -0.39 is 0 Å². The molecule has 0 N–H and O–H groups in total. The Morgan fingerprint density at radius 2 is 2.17 bits per heavy atom. The summed E-state index contributed by atoms with van der Waals surface area (Å²) in [5.74, 6) is 0. The number of anilines is 1. The molecule has 0 saturated carbocycles. The fourth-order valence-corrected chi connectivity index (χ4v) is 2.50. The van der Waals surface area contributed by atoms with Gasteiger partial charge in [-0.3, -0.25) is 0 Å². The molecule has 0 bridgehead atoms. The zero-order valence-corrected chi connectivity index (χ0v) is 10.9. The van der Waals surface area contributed by atoms with Gasteiger partial charge in [0.15, 0.2) is 0 Å². The van der Waals surface area contributed by atoms with Gasteiger partial charge in [-0.25, -0.2) is 4.79 Å². The molecular formula is C15H20NO2. The third kappa shape index (κ3) is 3.25. The van der Waals surface area contributed by atoms with Crippen LogP contribution >= 0.6 is 0 Å². The molecule has 0 aliphatic carbocycles. The lowest BCUT2D eigenvalue weighted by atomic mass is 10.1. The van der Waals surface area contributed by atoms with E-state index in [0.29, 0.717) is 0 Å². The second-order valence-electron chi connectivity index (χ2n) is 4.81. The van der Waals surface area contributed by atoms with Crippen LogP contribution in [-0.2, 0) is 16.0 Å². The first-order valence-corrected chi connectivity index (χ1v) is 6.70. The highest BCUT2D eigenvalue weighted by Crippen LogP contribution is 2.22. The van der Waals surface area contributed by atoms with E-state index in [1.807, 2.05) is 0 Å². The monoisotopic (exact) mass is 246 g/mol. The molecule has 0 amide bonds. The molecule has 0 unspecified atom stereocenters. The molecular weight excluding hydrogens is 226 g/mol. The van der Waals surface area contributed by atoms with Gasteiger partial charge in [-0.15, -0.1) is 0 Å². The Bertz CT molecular complexity index is 384. The fourth-order valence-electron chi connectivity index (χ4n) is 2.50. The summed E-state index contributed by atoms with van der Waals surface area (Å²) < 4.78 is 4.90. The summed E-state index contributed by atoms with van der Waals surface area (Å²) in [6, 6.07) is 8.75. The Labute approximate surface area is 109 Å². The average molecular weight is 246 g/mol. The Morgan fingerprint density at radius 3 is 2.83 bits per heavy atom. The number of benzene rings is 1. The standard InChI is InChI=1S/C15H20NO2/c1-2-4-13-5-3-6-14(11-13)16-9-7-15(8-10-16)18-12-17/h3,5-6,11,15H,2,4,7-10H2,1H3. The van der Waals surface area contributed by atoms with Gasteiger partial charge in [-0.05, 0) is 24.1 Å². The Kier molecular flexibility index (Phi) is 4.62. The molecule has 1 heterocycles. The highest BCUT2D eigenvalue weighted by atomic mass is 16.5. The Hall–Kier alpha value is -1.51. The first-order valence-electron chi connectivity index (χ1n) is 6.70. The fraction of sp³-hybridized carbons (Fsp3) is 0.533. The lowest BCUT2D eigenvalue weighted by molar-refractivity contribution is 0.149. The molecule has 1 radical (unpaired) electrons. The van der Waals surface area contributed by atoms with Crippen LogP contribution in [0.2, 0.25) is 0 Å². The van der Waals surface area contributed by atoms with Crippen molar-refractivity contribution in [1.29, 1.82) is 0 Å². The second kappa shape index (κ2) is 6.43. The van der Waals surface area contributed by atoms with Crippen molar-refractivity contribution in [2.24, 2.45) is 0 Å². The van der Waals surface area contributed by atoms with E-state index >= 15 is 0 Å². The van der Waals surface area contributed by atoms with Crippen molar-refractivity contribution in [2.45, 2.75) is 38.7 Å². The molecule has 1 fully saturated rings. The zero-order chi connectivity index (χ0) is 12.8. The molecule has 0 spiro atoms. The molecule has 1 aromatic carbocycles. The molecule has 18 heavy (non-hydrogen) atoms. The van der Waals surface area contributed by atoms with Crippen molar-refractivity contribution < 1.29 is 9.53 Å². The van der Waals surface area contributed by atoms with E-state index in [1.165, 1.54) is 17.7 Å². The minimum atomic E-state index is 0.0533. The number of rotatable bonds is 5. The van der Waals surface area contributed by atoms with Crippen LogP contribution in [0.1, 0.15) is 31.7 Å². The minimum absolute atomic E-state index is 0.0533. The number of hydrogen-bond donors (Lipinski definition) is 0. The van der Waals surface area contributed by atoms with Gasteiger partial charge in [0.1, 0.15) is 6.10 Å². The first kappa shape index (κ1) is 12.9. The number of ether oxygens (including phenoxy) is 1. The predicted molar refractivity (Wildman–Crippen MR) is 72.5 cm³/mol. The molecule has 1 aliphatic heterocycles. The van der Waals surface area contributed by atoms with Gasteiger partial charge in [0.2, 0.25) is 0 Å². The van der Waals surface area contributed by atoms with E-state index in [2.05, 4.69) is 36.1 Å². The summed E-state index contributed by atoms with van der Waals surface area (Å²) in [5, 5.41) is 0. The molecule has 2 rings (SSSR count). The van der Waals surface area contributed by atoms with Crippen LogP contribution in [0.25, 0.3) is 0 Å². The average Bonchev–Trinajstić information content (AvgIpc) is 2.41. The van der Waals surface area contributed by atoms with Gasteiger partial charge in [-0.2, -0.15) is 0 Å². The third-order valence-electron chi connectivity index (χ3n) is 3.47. The normalized spacial score (nSPS) is 16.6. The maximum absolute atomic E-state index is 10.2. The van der Waals surface area contributed by atoms with Gasteiger partial charge in [0.05, 0.1) is 0 Å². The molecule has 3 heteroatoms. The number of aryl methyl sites for hydroxylation is 1. The minimum Gasteiger partial charge on any atom is -0.454 e. The first-order chi connectivity index (χ1) is 8.83. The summed E-state index contributed by atoms with van der Waals surface area (Å²) in [6.45, 7) is 5.64. The van der Waals surface area contributed by atoms with Crippen LogP contribution in [0.15, 0.2) is 24.3 Å². The van der Waals surface area contributed by atoms with Crippen molar-refractivity contribution in [3.05, 3.63) is 29.8 Å². The van der Waals surface area contributed by atoms with Crippen LogP contribution < -0.4 is 4.90 Å². The Balaban J connectivity index is 1.96. The second-order valence-corrected chi connectivity index (χ2v) is 4.81. The van der Waals surface area contributed by atoms with Crippen molar-refractivity contribution in [2.75, 3.05) is 18.0 Å². The third-order valence-corrected chi connectivity index (χ3v) is 3.47. The number of hydrogen-bond acceptors (Lipinski definition) is 3. The quantitative estimate of drug-likeness (QED) is 0.800. The largest absolute Gasteiger partial charge is 0.454 e. The van der Waals surface area contributed by atoms with Crippen LogP contribution in [-0.4, -0.2) is 25.7 Å². The van der Waals surface area contributed by atoms with Crippen LogP contribution in [0.4, 0.5) is 5.69 Å². The number of carbonyl (C=O) groups excluding carboxylic acids is 1. The maximum atomic E-state index is 10.2. The summed E-state index contributed by atoms with van der Waals surface area (Å²) in [4.78, 5) is 12.5. The van der Waals surface area contributed by atoms with Crippen molar-refractivity contribution in [3.8, 4) is 0 Å². The van der Waals surface area contributed by atoms with Crippen molar-refractivity contribution in [3.63, 3.8) is 0 Å². The van der Waals surface area contributed by atoms with Crippen molar-refractivity contribution in [1.82, 2.24) is 0 Å². The number of nitrogens with zero attached hydrogens (tertiary/aromatic N) is 1. The van der Waals surface area contributed by atoms with E-state index in [4.69, 9.17) is 4.74 Å². The van der Waals surface area contributed by atoms with E-state index in [9.17, 15) is 4.79 Å². The summed E-state index contributed by atoms with van der Waals surface area (Å²) >= 11 is 0. The van der Waals surface area contributed by atoms with E-state index in [0.717, 1.165) is 32.4 Å². The van der Waals surface area contributed by atoms with Crippen LogP contribution in [0.3, 0.4) is 0 Å². The molecule has 3 nitrogen and oxygen atoms in total. The van der Waals surface area contributed by atoms with Gasteiger partial charge in [0, 0.05) is 31.6 Å². The molecule has 1 aliphatic rings. The lowest BCUT2D eigenvalue weighted by Gasteiger charge is -2.32. The van der Waals surface area contributed by atoms with Crippen LogP contribution in [0, 0.1) is 0 Å². The highest BCUT2D eigenvalue weighted by Gasteiger charge is 2.20. The molecule has 1 saturated heterocycles. The van der Waals surface area contributed by atoms with E-state index in [-0.39, 0.29) is 6.10 Å². The Morgan fingerprint density at radius 1 is 1.39 bits per heavy atom. The smallest absolute Gasteiger partial charge is 0.417 e. The maximum Gasteiger partial charge on any atom is 0.417 e. The topological polar surface area (TPSA) is 29.5 Å². The summed E-state index contributed by atoms with van der Waals surface area (Å²) in [6.07, 6.45) is 4.15. The lowest BCUT2D eigenvalue weighted by Crippen LogP contribution is -2.36. The zero-order valence-electron chi connectivity index (χ0n) is 10.9. The molecule has 0 atom stereocenters. The SMILES string of the molecule is CCCc1cccc(N2CCC(O[C]=O)CC2)c1. The van der Waals surface area contributed by atoms with E-state index in [1.54, 1.807) is 6.47 Å². The summed E-state index contributed by atoms with van der Waals surface area (Å²) in [7, 11) is 0. The van der Waals surface area contributed by atoms with Gasteiger partial charge >= 0.3 is 6.47 Å². The highest BCUT2D eigenvalue weighted by molar-refractivity contribution is 5.49. The van der Waals surface area contributed by atoms with Crippen molar-refractivity contribution >= 4 is 12.2 Å². The van der Waals surface area contributed by atoms with Gasteiger partial charge in [0.25, 0.3) is 0 Å². The molecule has 1 aromatic rings. The van der Waals surface area contributed by atoms with Gasteiger partial charge in [-0.1, -0.05) is 25.5 Å². The summed E-state index contributed by atoms with van der Waals surface area (Å²) in [5.41, 5.74) is 2.68. The predicted octanol–water partition coefficient (Wildman–Crippen LogP) is 2.69. The molecule has 0 aromatic heterocycles. The van der Waals surface area contributed by atoms with Crippen LogP contribution in [0.5, 0.6) is 0 Å². The van der Waals surface area contributed by atoms with Gasteiger partial charge < -0.3 is 9.64 Å².